The lowest BCUT2D eigenvalue weighted by Crippen LogP contribution is -2.09. The Kier molecular flexibility index (Phi) is 2.71. The highest BCUT2D eigenvalue weighted by atomic mass is 15.3. The van der Waals surface area contributed by atoms with Gasteiger partial charge in [-0.2, -0.15) is 5.10 Å². The Hall–Kier alpha value is -1.58. The number of rotatable bonds is 1. The Bertz CT molecular complexity index is 509. The van der Waals surface area contributed by atoms with Gasteiger partial charge in [0.15, 0.2) is 0 Å². The first kappa shape index (κ1) is 10.6. The average Bonchev–Trinajstić information content (AvgIpc) is 2.59. The van der Waals surface area contributed by atoms with Crippen LogP contribution < -0.4 is 5.73 Å². The van der Waals surface area contributed by atoms with Crippen LogP contribution in [0.3, 0.4) is 0 Å². The summed E-state index contributed by atoms with van der Waals surface area (Å²) in [5, 5.41) is 5.55. The Morgan fingerprint density at radius 2 is 1.82 bits per heavy atom. The first-order chi connectivity index (χ1) is 8.36. The SMILES string of the molecule is Nc1cncc2c1cnn2C1CCCCCC1. The average molecular weight is 230 g/mol. The number of nitrogens with zero attached hydrogens (tertiary/aromatic N) is 3. The van der Waals surface area contributed by atoms with E-state index in [0.717, 1.165) is 16.6 Å². The van der Waals surface area contributed by atoms with Gasteiger partial charge in [-0.1, -0.05) is 25.7 Å². The Morgan fingerprint density at radius 3 is 2.59 bits per heavy atom. The second-order valence-corrected chi connectivity index (χ2v) is 4.90. The lowest BCUT2D eigenvalue weighted by Gasteiger charge is -2.15. The molecule has 0 atom stereocenters. The van der Waals surface area contributed by atoms with E-state index in [1.807, 2.05) is 12.4 Å². The molecule has 4 nitrogen and oxygen atoms in total. The second kappa shape index (κ2) is 4.35. The van der Waals surface area contributed by atoms with Crippen LogP contribution in [-0.2, 0) is 0 Å². The van der Waals surface area contributed by atoms with E-state index in [1.165, 1.54) is 38.5 Å². The Morgan fingerprint density at radius 1 is 1.06 bits per heavy atom. The fraction of sp³-hybridized carbons (Fsp3) is 0.538. The van der Waals surface area contributed by atoms with Crippen molar-refractivity contribution in [1.82, 2.24) is 14.8 Å². The first-order valence-electron chi connectivity index (χ1n) is 6.43. The molecule has 1 saturated carbocycles. The lowest BCUT2D eigenvalue weighted by molar-refractivity contribution is 0.417. The van der Waals surface area contributed by atoms with Crippen LogP contribution in [0.15, 0.2) is 18.6 Å². The van der Waals surface area contributed by atoms with E-state index in [1.54, 1.807) is 6.20 Å². The summed E-state index contributed by atoms with van der Waals surface area (Å²) in [6, 6.07) is 0.526. The van der Waals surface area contributed by atoms with Gasteiger partial charge >= 0.3 is 0 Å². The Balaban J connectivity index is 2.02. The quantitative estimate of drug-likeness (QED) is 0.766. The van der Waals surface area contributed by atoms with Gasteiger partial charge in [-0.3, -0.25) is 9.67 Å². The van der Waals surface area contributed by atoms with Crippen LogP contribution in [0.25, 0.3) is 10.9 Å². The molecule has 0 amide bonds. The molecule has 0 radical (unpaired) electrons. The molecule has 4 heteroatoms. The highest BCUT2D eigenvalue weighted by Gasteiger charge is 2.17. The molecule has 0 spiro atoms. The van der Waals surface area contributed by atoms with Gasteiger partial charge in [-0.25, -0.2) is 0 Å². The van der Waals surface area contributed by atoms with Crippen molar-refractivity contribution in [2.45, 2.75) is 44.6 Å². The van der Waals surface area contributed by atoms with Crippen molar-refractivity contribution in [2.24, 2.45) is 0 Å². The van der Waals surface area contributed by atoms with Crippen LogP contribution >= 0.6 is 0 Å². The van der Waals surface area contributed by atoms with Gasteiger partial charge in [0, 0.05) is 5.39 Å². The highest BCUT2D eigenvalue weighted by molar-refractivity contribution is 5.89. The number of pyridine rings is 1. The van der Waals surface area contributed by atoms with Crippen LogP contribution in [0.5, 0.6) is 0 Å². The lowest BCUT2D eigenvalue weighted by atomic mass is 10.1. The summed E-state index contributed by atoms with van der Waals surface area (Å²) < 4.78 is 2.13. The van der Waals surface area contributed by atoms with Crippen molar-refractivity contribution >= 4 is 16.6 Å². The number of nitrogen functional groups attached to an aromatic ring is 1. The molecule has 0 bridgehead atoms. The highest BCUT2D eigenvalue weighted by Crippen LogP contribution is 2.30. The van der Waals surface area contributed by atoms with Gasteiger partial charge in [-0.15, -0.1) is 0 Å². The van der Waals surface area contributed by atoms with Gasteiger partial charge < -0.3 is 5.73 Å². The summed E-state index contributed by atoms with van der Waals surface area (Å²) in [4.78, 5) is 4.18. The third-order valence-electron chi connectivity index (χ3n) is 3.73. The molecule has 1 fully saturated rings. The summed E-state index contributed by atoms with van der Waals surface area (Å²) in [7, 11) is 0. The summed E-state index contributed by atoms with van der Waals surface area (Å²) in [6.07, 6.45) is 13.2. The minimum Gasteiger partial charge on any atom is -0.397 e. The minimum absolute atomic E-state index is 0.526. The number of fused-ring (bicyclic) bond motifs is 1. The van der Waals surface area contributed by atoms with Gasteiger partial charge in [-0.05, 0) is 12.8 Å². The molecule has 0 saturated heterocycles. The van der Waals surface area contributed by atoms with E-state index < -0.39 is 0 Å². The normalized spacial score (nSPS) is 18.4. The molecule has 2 N–H and O–H groups in total. The van der Waals surface area contributed by atoms with E-state index >= 15 is 0 Å². The van der Waals surface area contributed by atoms with Crippen molar-refractivity contribution in [3.63, 3.8) is 0 Å². The third kappa shape index (κ3) is 1.88. The molecule has 0 aliphatic heterocycles. The van der Waals surface area contributed by atoms with E-state index in [4.69, 9.17) is 5.73 Å². The second-order valence-electron chi connectivity index (χ2n) is 4.90. The molecule has 0 aromatic carbocycles. The number of nitrogens with two attached hydrogens (primary N) is 1. The molecule has 2 heterocycles. The predicted molar refractivity (Wildman–Crippen MR) is 68.7 cm³/mol. The zero-order valence-corrected chi connectivity index (χ0v) is 9.97. The van der Waals surface area contributed by atoms with Gasteiger partial charge in [0.1, 0.15) is 0 Å². The molecule has 1 aliphatic carbocycles. The van der Waals surface area contributed by atoms with Gasteiger partial charge in [0.05, 0.1) is 35.8 Å². The summed E-state index contributed by atoms with van der Waals surface area (Å²) in [6.45, 7) is 0. The smallest absolute Gasteiger partial charge is 0.0889 e. The van der Waals surface area contributed by atoms with E-state index in [0.29, 0.717) is 6.04 Å². The van der Waals surface area contributed by atoms with Gasteiger partial charge in [0.2, 0.25) is 0 Å². The standard InChI is InChI=1S/C13H18N4/c14-12-8-15-9-13-11(12)7-16-17(13)10-5-3-1-2-4-6-10/h7-10H,1-6,14H2. The molecule has 2 aromatic rings. The van der Waals surface area contributed by atoms with Crippen molar-refractivity contribution in [1.29, 1.82) is 0 Å². The zero-order valence-electron chi connectivity index (χ0n) is 9.97. The van der Waals surface area contributed by atoms with E-state index in [9.17, 15) is 0 Å². The van der Waals surface area contributed by atoms with E-state index in [-0.39, 0.29) is 0 Å². The fourth-order valence-electron chi connectivity index (χ4n) is 2.77. The summed E-state index contributed by atoms with van der Waals surface area (Å²) >= 11 is 0. The van der Waals surface area contributed by atoms with Crippen molar-refractivity contribution < 1.29 is 0 Å². The summed E-state index contributed by atoms with van der Waals surface area (Å²) in [5.41, 5.74) is 7.72. The van der Waals surface area contributed by atoms with Crippen molar-refractivity contribution in [3.8, 4) is 0 Å². The monoisotopic (exact) mass is 230 g/mol. The molecule has 3 rings (SSSR count). The third-order valence-corrected chi connectivity index (χ3v) is 3.73. The number of aromatic nitrogens is 3. The molecule has 1 aliphatic rings. The van der Waals surface area contributed by atoms with Crippen molar-refractivity contribution in [2.75, 3.05) is 5.73 Å². The molecule has 17 heavy (non-hydrogen) atoms. The van der Waals surface area contributed by atoms with Gasteiger partial charge in [0.25, 0.3) is 0 Å². The number of hydrogen-bond acceptors (Lipinski definition) is 3. The predicted octanol–water partition coefficient (Wildman–Crippen LogP) is 2.91. The van der Waals surface area contributed by atoms with Crippen LogP contribution in [0.1, 0.15) is 44.6 Å². The zero-order chi connectivity index (χ0) is 11.7. The van der Waals surface area contributed by atoms with Crippen molar-refractivity contribution in [3.05, 3.63) is 18.6 Å². The summed E-state index contributed by atoms with van der Waals surface area (Å²) in [5.74, 6) is 0. The molecular formula is C13H18N4. The maximum absolute atomic E-state index is 5.91. The molecule has 2 aromatic heterocycles. The largest absolute Gasteiger partial charge is 0.397 e. The molecular weight excluding hydrogens is 212 g/mol. The fourth-order valence-corrected chi connectivity index (χ4v) is 2.77. The van der Waals surface area contributed by atoms with E-state index in [2.05, 4.69) is 14.8 Å². The topological polar surface area (TPSA) is 56.7 Å². The van der Waals surface area contributed by atoms with Crippen LogP contribution in [0.2, 0.25) is 0 Å². The van der Waals surface area contributed by atoms with Crippen LogP contribution in [0.4, 0.5) is 5.69 Å². The number of hydrogen-bond donors (Lipinski definition) is 1. The maximum Gasteiger partial charge on any atom is 0.0889 e. The first-order valence-corrected chi connectivity index (χ1v) is 6.43. The maximum atomic E-state index is 5.91. The molecule has 90 valence electrons. The minimum atomic E-state index is 0.526. The molecule has 0 unspecified atom stereocenters. The number of anilines is 1. The Labute approximate surface area is 101 Å². The van der Waals surface area contributed by atoms with Crippen LogP contribution in [0, 0.1) is 0 Å². The van der Waals surface area contributed by atoms with Crippen LogP contribution in [-0.4, -0.2) is 14.8 Å².